The Bertz CT molecular complexity index is 611. The van der Waals surface area contributed by atoms with E-state index in [2.05, 4.69) is 41.1 Å². The molecule has 2 nitrogen and oxygen atoms in total. The number of nitrogens with two attached hydrogens (primary N) is 1. The van der Waals surface area contributed by atoms with Gasteiger partial charge in [0.05, 0.1) is 0 Å². The third kappa shape index (κ3) is 3.61. The summed E-state index contributed by atoms with van der Waals surface area (Å²) in [5.41, 5.74) is 9.02. The number of amidine groups is 1. The number of rotatable bonds is 4. The number of hydrogen-bond acceptors (Lipinski definition) is 2. The third-order valence-electron chi connectivity index (χ3n) is 2.88. The Hall–Kier alpha value is -1.26. The number of halogens is 1. The molecule has 3 N–H and O–H groups in total. The van der Waals surface area contributed by atoms with Gasteiger partial charge in [-0.3, -0.25) is 5.41 Å². The van der Waals surface area contributed by atoms with E-state index < -0.39 is 0 Å². The van der Waals surface area contributed by atoms with Gasteiger partial charge in [-0.25, -0.2) is 0 Å². The number of nitrogen functional groups attached to an aromatic ring is 1. The fraction of sp³-hybridized carbons (Fsp3) is 0.133. The lowest BCUT2D eigenvalue weighted by Gasteiger charge is -2.10. The molecule has 0 aliphatic rings. The lowest BCUT2D eigenvalue weighted by Crippen LogP contribution is -2.12. The Kier molecular flexibility index (Phi) is 4.66. The van der Waals surface area contributed by atoms with Crippen LogP contribution in [-0.2, 0) is 5.75 Å². The predicted molar refractivity (Wildman–Crippen MR) is 85.9 cm³/mol. The second kappa shape index (κ2) is 6.26. The van der Waals surface area contributed by atoms with Gasteiger partial charge in [0.2, 0.25) is 0 Å². The van der Waals surface area contributed by atoms with Crippen molar-refractivity contribution in [3.05, 3.63) is 63.6 Å². The van der Waals surface area contributed by atoms with E-state index >= 15 is 0 Å². The van der Waals surface area contributed by atoms with Crippen molar-refractivity contribution in [3.63, 3.8) is 0 Å². The summed E-state index contributed by atoms with van der Waals surface area (Å²) >= 11 is 5.12. The quantitative estimate of drug-likeness (QED) is 0.496. The summed E-state index contributed by atoms with van der Waals surface area (Å²) in [7, 11) is 0. The zero-order valence-corrected chi connectivity index (χ0v) is 13.0. The van der Waals surface area contributed by atoms with Gasteiger partial charge < -0.3 is 5.73 Å². The second-order valence-electron chi connectivity index (χ2n) is 4.27. The highest BCUT2D eigenvalue weighted by atomic mass is 79.9. The first-order valence-electron chi connectivity index (χ1n) is 5.89. The summed E-state index contributed by atoms with van der Waals surface area (Å²) in [6, 6.07) is 14.2. The highest BCUT2D eigenvalue weighted by Crippen LogP contribution is 2.29. The molecule has 0 amide bonds. The van der Waals surface area contributed by atoms with Crippen molar-refractivity contribution in [2.45, 2.75) is 17.6 Å². The Morgan fingerprint density at radius 1 is 1.26 bits per heavy atom. The molecule has 0 unspecified atom stereocenters. The van der Waals surface area contributed by atoms with Crippen LogP contribution in [0, 0.1) is 12.3 Å². The maximum absolute atomic E-state index is 7.64. The van der Waals surface area contributed by atoms with Gasteiger partial charge in [0.15, 0.2) is 0 Å². The van der Waals surface area contributed by atoms with Gasteiger partial charge in [0, 0.05) is 20.7 Å². The largest absolute Gasteiger partial charge is 0.384 e. The van der Waals surface area contributed by atoms with E-state index in [1.165, 1.54) is 11.1 Å². The Morgan fingerprint density at radius 3 is 2.68 bits per heavy atom. The Balaban J connectivity index is 2.20. The molecule has 98 valence electrons. The minimum absolute atomic E-state index is 0.105. The van der Waals surface area contributed by atoms with E-state index in [0.717, 1.165) is 20.7 Å². The summed E-state index contributed by atoms with van der Waals surface area (Å²) in [5.74, 6) is 0.989. The van der Waals surface area contributed by atoms with Crippen molar-refractivity contribution < 1.29 is 0 Å². The van der Waals surface area contributed by atoms with E-state index in [1.54, 1.807) is 11.8 Å². The number of thioether (sulfide) groups is 1. The van der Waals surface area contributed by atoms with E-state index in [-0.39, 0.29) is 5.84 Å². The fourth-order valence-electron chi connectivity index (χ4n) is 1.77. The fourth-order valence-corrected chi connectivity index (χ4v) is 3.25. The van der Waals surface area contributed by atoms with Crippen LogP contribution < -0.4 is 5.73 Å². The Morgan fingerprint density at radius 2 is 2.00 bits per heavy atom. The Labute approximate surface area is 126 Å². The lowest BCUT2D eigenvalue weighted by atomic mass is 10.1. The van der Waals surface area contributed by atoms with Gasteiger partial charge in [0.25, 0.3) is 0 Å². The number of aryl methyl sites for hydroxylation is 1. The SMILES string of the molecule is Cc1ccccc1CSc1ccc(Br)cc1C(=N)N. The molecular weight excluding hydrogens is 320 g/mol. The first-order chi connectivity index (χ1) is 9.08. The predicted octanol–water partition coefficient (Wildman–Crippen LogP) is 4.33. The molecule has 0 aromatic heterocycles. The van der Waals surface area contributed by atoms with E-state index in [4.69, 9.17) is 11.1 Å². The van der Waals surface area contributed by atoms with Crippen molar-refractivity contribution in [1.29, 1.82) is 5.41 Å². The maximum atomic E-state index is 7.64. The van der Waals surface area contributed by atoms with Gasteiger partial charge in [0.1, 0.15) is 5.84 Å². The summed E-state index contributed by atoms with van der Waals surface area (Å²) in [6.45, 7) is 2.11. The lowest BCUT2D eigenvalue weighted by molar-refractivity contribution is 1.28. The van der Waals surface area contributed by atoms with Crippen LogP contribution in [0.15, 0.2) is 51.8 Å². The molecule has 0 saturated heterocycles. The van der Waals surface area contributed by atoms with Crippen molar-refractivity contribution in [3.8, 4) is 0 Å². The van der Waals surface area contributed by atoms with Crippen molar-refractivity contribution in [2.75, 3.05) is 0 Å². The van der Waals surface area contributed by atoms with Crippen LogP contribution in [0.2, 0.25) is 0 Å². The molecule has 0 aliphatic heterocycles. The summed E-state index contributed by atoms with van der Waals surface area (Å²) in [6.07, 6.45) is 0. The second-order valence-corrected chi connectivity index (χ2v) is 6.20. The minimum Gasteiger partial charge on any atom is -0.384 e. The average molecular weight is 335 g/mol. The first kappa shape index (κ1) is 14.2. The summed E-state index contributed by atoms with van der Waals surface area (Å²) in [4.78, 5) is 1.04. The van der Waals surface area contributed by atoms with Crippen LogP contribution in [0.5, 0.6) is 0 Å². The monoisotopic (exact) mass is 334 g/mol. The highest BCUT2D eigenvalue weighted by Gasteiger charge is 2.07. The molecule has 0 radical (unpaired) electrons. The topological polar surface area (TPSA) is 49.9 Å². The molecule has 2 rings (SSSR count). The smallest absolute Gasteiger partial charge is 0.123 e. The molecule has 0 aliphatic carbocycles. The van der Waals surface area contributed by atoms with E-state index in [9.17, 15) is 0 Å². The molecule has 4 heteroatoms. The van der Waals surface area contributed by atoms with Gasteiger partial charge in [-0.05, 0) is 36.2 Å². The maximum Gasteiger partial charge on any atom is 0.123 e. The molecule has 19 heavy (non-hydrogen) atoms. The molecule has 0 spiro atoms. The van der Waals surface area contributed by atoms with E-state index in [1.807, 2.05) is 24.3 Å². The van der Waals surface area contributed by atoms with Crippen LogP contribution in [-0.4, -0.2) is 5.84 Å². The minimum atomic E-state index is 0.105. The molecule has 2 aromatic carbocycles. The number of benzene rings is 2. The van der Waals surface area contributed by atoms with Gasteiger partial charge >= 0.3 is 0 Å². The van der Waals surface area contributed by atoms with Gasteiger partial charge in [-0.1, -0.05) is 40.2 Å². The third-order valence-corrected chi connectivity index (χ3v) is 4.49. The van der Waals surface area contributed by atoms with Gasteiger partial charge in [-0.2, -0.15) is 0 Å². The van der Waals surface area contributed by atoms with Crippen LogP contribution in [0.4, 0.5) is 0 Å². The van der Waals surface area contributed by atoms with E-state index in [0.29, 0.717) is 0 Å². The molecule has 0 saturated carbocycles. The zero-order chi connectivity index (χ0) is 13.8. The average Bonchev–Trinajstić information content (AvgIpc) is 2.38. The molecule has 2 aromatic rings. The normalized spacial score (nSPS) is 10.4. The van der Waals surface area contributed by atoms with Crippen LogP contribution in [0.3, 0.4) is 0 Å². The zero-order valence-electron chi connectivity index (χ0n) is 10.6. The van der Waals surface area contributed by atoms with Crippen LogP contribution in [0.1, 0.15) is 16.7 Å². The van der Waals surface area contributed by atoms with Crippen molar-refractivity contribution in [1.82, 2.24) is 0 Å². The molecule has 0 bridgehead atoms. The van der Waals surface area contributed by atoms with Gasteiger partial charge in [-0.15, -0.1) is 11.8 Å². The summed E-state index contributed by atoms with van der Waals surface area (Å²) < 4.78 is 0.943. The molecule has 0 atom stereocenters. The molecule has 0 fully saturated rings. The van der Waals surface area contributed by atoms with Crippen molar-refractivity contribution in [2.24, 2.45) is 5.73 Å². The highest BCUT2D eigenvalue weighted by molar-refractivity contribution is 9.10. The first-order valence-corrected chi connectivity index (χ1v) is 7.67. The van der Waals surface area contributed by atoms with Crippen LogP contribution in [0.25, 0.3) is 0 Å². The standard InChI is InChI=1S/C15H15BrN2S/c1-10-4-2-3-5-11(10)9-19-14-7-6-12(16)8-13(14)15(17)18/h2-8H,9H2,1H3,(H3,17,18). The number of hydrogen-bond donors (Lipinski definition) is 2. The van der Waals surface area contributed by atoms with Crippen LogP contribution >= 0.6 is 27.7 Å². The molecular formula is C15H15BrN2S. The molecule has 0 heterocycles. The van der Waals surface area contributed by atoms with Crippen molar-refractivity contribution >= 4 is 33.5 Å². The summed E-state index contributed by atoms with van der Waals surface area (Å²) in [5, 5.41) is 7.64. The number of nitrogens with one attached hydrogen (secondary N) is 1.